The normalized spacial score (nSPS) is 16.7. The molecular formula is C26H25Cl2N5O4. The number of imidazole rings is 1. The first kappa shape index (κ1) is 25.3. The fourth-order valence-electron chi connectivity index (χ4n) is 4.72. The number of aromatic nitrogens is 4. The molecule has 0 radical (unpaired) electrons. The lowest BCUT2D eigenvalue weighted by atomic mass is 10.0. The van der Waals surface area contributed by atoms with Gasteiger partial charge in [0.2, 0.25) is 5.91 Å². The number of hydrogen-bond donors (Lipinski definition) is 1. The van der Waals surface area contributed by atoms with Crippen molar-refractivity contribution in [3.63, 3.8) is 0 Å². The van der Waals surface area contributed by atoms with Gasteiger partial charge < -0.3 is 10.5 Å². The molecule has 9 nitrogen and oxygen atoms in total. The number of fused-ring (bicyclic) bond motifs is 1. The lowest BCUT2D eigenvalue weighted by Gasteiger charge is -2.23. The second-order valence-corrected chi connectivity index (χ2v) is 9.97. The van der Waals surface area contributed by atoms with Crippen molar-refractivity contribution in [3.05, 3.63) is 79.4 Å². The maximum Gasteiger partial charge on any atom is 0.333 e. The lowest BCUT2D eigenvalue weighted by molar-refractivity contribution is -0.120. The van der Waals surface area contributed by atoms with Crippen molar-refractivity contribution < 1.29 is 9.53 Å². The van der Waals surface area contributed by atoms with Crippen LogP contribution in [-0.2, 0) is 16.1 Å². The standard InChI is InChI=1S/C26H25Cl2N5O4/c1-15(22(29)34)32-25(35)21-24(31(26(32)36)13-16-5-4-12-37-14-16)30-23(19-6-2-3-7-20(19)28)33(21)18-10-8-17(27)9-11-18/h2-3,6-11,15-16H,4-5,12-14H2,1H3,(H2,29,34)/t15-,16?/m0/s1. The maximum atomic E-state index is 13.9. The highest BCUT2D eigenvalue weighted by Gasteiger charge is 2.28. The van der Waals surface area contributed by atoms with Gasteiger partial charge in [-0.2, -0.15) is 0 Å². The van der Waals surface area contributed by atoms with E-state index in [1.165, 1.54) is 11.5 Å². The van der Waals surface area contributed by atoms with E-state index in [-0.39, 0.29) is 23.6 Å². The Balaban J connectivity index is 1.91. The number of carbonyl (C=O) groups excluding carboxylic acids is 1. The number of nitrogens with zero attached hydrogens (tertiary/aromatic N) is 4. The SMILES string of the molecule is C[C@@H](C(N)=O)n1c(=O)c2c(nc(-c3ccccc3Cl)n2-c2ccc(Cl)cc2)n(CC2CCCOC2)c1=O. The molecule has 2 aromatic carbocycles. The molecule has 2 aromatic heterocycles. The second kappa shape index (κ2) is 10.2. The summed E-state index contributed by atoms with van der Waals surface area (Å²) in [5, 5.41) is 0.940. The third-order valence-corrected chi connectivity index (χ3v) is 7.25. The van der Waals surface area contributed by atoms with Gasteiger partial charge in [0.25, 0.3) is 5.56 Å². The van der Waals surface area contributed by atoms with Crippen molar-refractivity contribution in [1.82, 2.24) is 18.7 Å². The van der Waals surface area contributed by atoms with Crippen LogP contribution in [0.5, 0.6) is 0 Å². The molecule has 11 heteroatoms. The Morgan fingerprint density at radius 2 is 1.89 bits per heavy atom. The molecule has 2 atom stereocenters. The first-order valence-electron chi connectivity index (χ1n) is 11.9. The van der Waals surface area contributed by atoms with Gasteiger partial charge >= 0.3 is 5.69 Å². The van der Waals surface area contributed by atoms with Crippen LogP contribution in [0, 0.1) is 5.92 Å². The summed E-state index contributed by atoms with van der Waals surface area (Å²) in [7, 11) is 0. The van der Waals surface area contributed by atoms with E-state index in [2.05, 4.69) is 0 Å². The summed E-state index contributed by atoms with van der Waals surface area (Å²) in [4.78, 5) is 44.6. The third kappa shape index (κ3) is 4.58. The molecular weight excluding hydrogens is 517 g/mol. The zero-order valence-electron chi connectivity index (χ0n) is 20.1. The average Bonchev–Trinajstić information content (AvgIpc) is 3.28. The Morgan fingerprint density at radius 1 is 1.16 bits per heavy atom. The van der Waals surface area contributed by atoms with Crippen LogP contribution < -0.4 is 17.0 Å². The van der Waals surface area contributed by atoms with Crippen LogP contribution in [0.3, 0.4) is 0 Å². The molecule has 1 aliphatic rings. The van der Waals surface area contributed by atoms with Crippen molar-refractivity contribution >= 4 is 40.3 Å². The molecule has 192 valence electrons. The number of nitrogens with two attached hydrogens (primary N) is 1. The van der Waals surface area contributed by atoms with Crippen LogP contribution in [0.4, 0.5) is 0 Å². The highest BCUT2D eigenvalue weighted by atomic mass is 35.5. The molecule has 1 amide bonds. The molecule has 37 heavy (non-hydrogen) atoms. The van der Waals surface area contributed by atoms with E-state index in [9.17, 15) is 14.4 Å². The highest BCUT2D eigenvalue weighted by Crippen LogP contribution is 2.32. The zero-order valence-corrected chi connectivity index (χ0v) is 21.6. The van der Waals surface area contributed by atoms with Crippen molar-refractivity contribution in [3.8, 4) is 17.1 Å². The fraction of sp³-hybridized carbons (Fsp3) is 0.308. The van der Waals surface area contributed by atoms with E-state index in [1.54, 1.807) is 47.0 Å². The van der Waals surface area contributed by atoms with E-state index >= 15 is 0 Å². The maximum absolute atomic E-state index is 13.9. The smallest absolute Gasteiger partial charge is 0.333 e. The molecule has 0 aliphatic carbocycles. The first-order valence-corrected chi connectivity index (χ1v) is 12.7. The number of primary amides is 1. The number of rotatable bonds is 6. The number of amides is 1. The van der Waals surface area contributed by atoms with Crippen LogP contribution in [0.2, 0.25) is 10.0 Å². The molecule has 2 N–H and O–H groups in total. The van der Waals surface area contributed by atoms with Gasteiger partial charge in [-0.05, 0) is 56.2 Å². The average molecular weight is 542 g/mol. The number of ether oxygens (including phenoxy) is 1. The van der Waals surface area contributed by atoms with Gasteiger partial charge in [-0.15, -0.1) is 0 Å². The second-order valence-electron chi connectivity index (χ2n) is 9.13. The summed E-state index contributed by atoms with van der Waals surface area (Å²) in [5.74, 6) is -0.388. The molecule has 4 aromatic rings. The number of halogens is 2. The van der Waals surface area contributed by atoms with Gasteiger partial charge in [0.05, 0.1) is 11.6 Å². The van der Waals surface area contributed by atoms with Crippen LogP contribution in [0.25, 0.3) is 28.2 Å². The van der Waals surface area contributed by atoms with Gasteiger partial charge in [0.15, 0.2) is 11.2 Å². The van der Waals surface area contributed by atoms with E-state index in [0.29, 0.717) is 40.3 Å². The molecule has 1 aliphatic heterocycles. The van der Waals surface area contributed by atoms with E-state index < -0.39 is 23.2 Å². The molecule has 3 heterocycles. The number of hydrogen-bond acceptors (Lipinski definition) is 5. The Morgan fingerprint density at radius 3 is 2.54 bits per heavy atom. The summed E-state index contributed by atoms with van der Waals surface area (Å²) < 4.78 is 9.62. The number of benzene rings is 2. The molecule has 1 unspecified atom stereocenters. The largest absolute Gasteiger partial charge is 0.381 e. The van der Waals surface area contributed by atoms with Crippen LogP contribution in [0.15, 0.2) is 58.1 Å². The highest BCUT2D eigenvalue weighted by molar-refractivity contribution is 6.33. The molecule has 1 saturated heterocycles. The predicted molar refractivity (Wildman–Crippen MR) is 142 cm³/mol. The minimum Gasteiger partial charge on any atom is -0.381 e. The van der Waals surface area contributed by atoms with E-state index in [4.69, 9.17) is 38.7 Å². The summed E-state index contributed by atoms with van der Waals surface area (Å²) in [5.41, 5.74) is 5.69. The minimum absolute atomic E-state index is 0.0360. The molecule has 0 bridgehead atoms. The Labute approximate surface area is 222 Å². The van der Waals surface area contributed by atoms with Gasteiger partial charge in [0, 0.05) is 35.3 Å². The summed E-state index contributed by atoms with van der Waals surface area (Å²) in [6.07, 6.45) is 1.72. The van der Waals surface area contributed by atoms with E-state index in [0.717, 1.165) is 17.4 Å². The Kier molecular flexibility index (Phi) is 6.94. The Hall–Kier alpha value is -3.40. The topological polar surface area (TPSA) is 114 Å². The molecule has 1 fully saturated rings. The molecule has 0 saturated carbocycles. The lowest BCUT2D eigenvalue weighted by Crippen LogP contribution is -2.46. The van der Waals surface area contributed by atoms with Crippen molar-refractivity contribution in [2.24, 2.45) is 11.7 Å². The molecule has 0 spiro atoms. The third-order valence-electron chi connectivity index (χ3n) is 6.67. The van der Waals surface area contributed by atoms with Crippen molar-refractivity contribution in [1.29, 1.82) is 0 Å². The van der Waals surface area contributed by atoms with Crippen molar-refractivity contribution in [2.75, 3.05) is 13.2 Å². The summed E-state index contributed by atoms with van der Waals surface area (Å²) >= 11 is 12.7. The monoisotopic (exact) mass is 541 g/mol. The summed E-state index contributed by atoms with van der Waals surface area (Å²) in [6, 6.07) is 12.8. The Bertz CT molecular complexity index is 1600. The minimum atomic E-state index is -1.17. The predicted octanol–water partition coefficient (Wildman–Crippen LogP) is 3.80. The quantitative estimate of drug-likeness (QED) is 0.398. The first-order chi connectivity index (χ1) is 17.8. The van der Waals surface area contributed by atoms with E-state index in [1.807, 2.05) is 6.07 Å². The van der Waals surface area contributed by atoms with Gasteiger partial charge in [-0.25, -0.2) is 14.3 Å². The summed E-state index contributed by atoms with van der Waals surface area (Å²) in [6.45, 7) is 2.85. The van der Waals surface area contributed by atoms with Gasteiger partial charge in [0.1, 0.15) is 11.9 Å². The molecule has 5 rings (SSSR count). The number of carbonyl (C=O) groups is 1. The van der Waals surface area contributed by atoms with Crippen LogP contribution >= 0.6 is 23.2 Å². The zero-order chi connectivity index (χ0) is 26.3. The van der Waals surface area contributed by atoms with Crippen molar-refractivity contribution in [2.45, 2.75) is 32.4 Å². The van der Waals surface area contributed by atoms with Crippen LogP contribution in [0.1, 0.15) is 25.8 Å². The fourth-order valence-corrected chi connectivity index (χ4v) is 5.06. The van der Waals surface area contributed by atoms with Crippen LogP contribution in [-0.4, -0.2) is 37.8 Å². The van der Waals surface area contributed by atoms with Gasteiger partial charge in [-0.3, -0.25) is 18.7 Å². The van der Waals surface area contributed by atoms with Gasteiger partial charge in [-0.1, -0.05) is 35.3 Å².